The van der Waals surface area contributed by atoms with Crippen LogP contribution in [0, 0.1) is 5.92 Å². The van der Waals surface area contributed by atoms with Crippen molar-refractivity contribution in [3.8, 4) is 0 Å². The summed E-state index contributed by atoms with van der Waals surface area (Å²) in [5, 5.41) is 5.26. The number of hydrogen-bond acceptors (Lipinski definition) is 1. The fourth-order valence-electron chi connectivity index (χ4n) is 3.18. The first-order valence-electron chi connectivity index (χ1n) is 7.89. The molecular weight excluding hydrogens is 289 g/mol. The molecule has 0 bridgehead atoms. The lowest BCUT2D eigenvalue weighted by molar-refractivity contribution is 0.300. The van der Waals surface area contributed by atoms with Gasteiger partial charge in [0.15, 0.2) is 0 Å². The maximum atomic E-state index is 6.39. The van der Waals surface area contributed by atoms with Crippen molar-refractivity contribution < 1.29 is 0 Å². The third kappa shape index (κ3) is 4.65. The van der Waals surface area contributed by atoms with Gasteiger partial charge in [-0.3, -0.25) is 0 Å². The summed E-state index contributed by atoms with van der Waals surface area (Å²) in [5.74, 6) is 0.827. The summed E-state index contributed by atoms with van der Waals surface area (Å²) in [5.41, 5.74) is 1.16. The van der Waals surface area contributed by atoms with E-state index in [1.54, 1.807) is 0 Å². The summed E-state index contributed by atoms with van der Waals surface area (Å²) in [4.78, 5) is 0. The second-order valence-corrected chi connectivity index (χ2v) is 6.76. The standard InChI is InChI=1S/C17H25Cl2N/c1-2-10-20-17(11-13-6-4-3-5-7-13)15-12-14(18)8-9-16(15)19/h8-9,12-13,17,20H,2-7,10-11H2,1H3. The van der Waals surface area contributed by atoms with Crippen LogP contribution in [0.15, 0.2) is 18.2 Å². The van der Waals surface area contributed by atoms with Gasteiger partial charge in [-0.05, 0) is 49.1 Å². The highest BCUT2D eigenvalue weighted by Gasteiger charge is 2.21. The van der Waals surface area contributed by atoms with E-state index in [2.05, 4.69) is 12.2 Å². The van der Waals surface area contributed by atoms with Crippen molar-refractivity contribution in [1.82, 2.24) is 5.32 Å². The van der Waals surface area contributed by atoms with Crippen LogP contribution in [-0.2, 0) is 0 Å². The van der Waals surface area contributed by atoms with Crippen LogP contribution in [0.2, 0.25) is 10.0 Å². The highest BCUT2D eigenvalue weighted by Crippen LogP contribution is 2.35. The molecule has 1 saturated carbocycles. The molecule has 3 heteroatoms. The summed E-state index contributed by atoms with van der Waals surface area (Å²) in [7, 11) is 0. The molecular formula is C17H25Cl2N. The molecule has 0 saturated heterocycles. The number of nitrogens with one attached hydrogen (secondary N) is 1. The van der Waals surface area contributed by atoms with E-state index in [0.717, 1.165) is 34.5 Å². The predicted octanol–water partition coefficient (Wildman–Crippen LogP) is 6.00. The van der Waals surface area contributed by atoms with Crippen molar-refractivity contribution in [3.05, 3.63) is 33.8 Å². The molecule has 0 heterocycles. The lowest BCUT2D eigenvalue weighted by atomic mass is 9.83. The predicted molar refractivity (Wildman–Crippen MR) is 88.7 cm³/mol. The Morgan fingerprint density at radius 1 is 1.20 bits per heavy atom. The van der Waals surface area contributed by atoms with Gasteiger partial charge < -0.3 is 5.32 Å². The van der Waals surface area contributed by atoms with Crippen LogP contribution in [0.4, 0.5) is 0 Å². The fraction of sp³-hybridized carbons (Fsp3) is 0.647. The summed E-state index contributed by atoms with van der Waals surface area (Å²) in [6.07, 6.45) is 9.22. The van der Waals surface area contributed by atoms with Gasteiger partial charge in [0.05, 0.1) is 0 Å². The van der Waals surface area contributed by atoms with Gasteiger partial charge in [-0.2, -0.15) is 0 Å². The molecule has 0 radical (unpaired) electrons. The lowest BCUT2D eigenvalue weighted by Gasteiger charge is -2.28. The van der Waals surface area contributed by atoms with Crippen LogP contribution in [-0.4, -0.2) is 6.54 Å². The molecule has 1 aliphatic rings. The lowest BCUT2D eigenvalue weighted by Crippen LogP contribution is -2.25. The molecule has 1 atom stereocenters. The summed E-state index contributed by atoms with van der Waals surface area (Å²) in [6, 6.07) is 6.15. The Morgan fingerprint density at radius 2 is 1.95 bits per heavy atom. The molecule has 1 fully saturated rings. The minimum Gasteiger partial charge on any atom is -0.310 e. The summed E-state index contributed by atoms with van der Waals surface area (Å²) in [6.45, 7) is 3.23. The fourth-order valence-corrected chi connectivity index (χ4v) is 3.61. The van der Waals surface area contributed by atoms with E-state index in [1.165, 1.54) is 38.5 Å². The van der Waals surface area contributed by atoms with Crippen molar-refractivity contribution in [2.45, 2.75) is 57.9 Å². The Kier molecular flexibility index (Phi) is 6.67. The molecule has 1 nitrogen and oxygen atoms in total. The first-order chi connectivity index (χ1) is 9.70. The van der Waals surface area contributed by atoms with Crippen molar-refractivity contribution >= 4 is 23.2 Å². The molecule has 1 aromatic carbocycles. The van der Waals surface area contributed by atoms with Crippen molar-refractivity contribution in [1.29, 1.82) is 0 Å². The molecule has 0 aliphatic heterocycles. The highest BCUT2D eigenvalue weighted by molar-refractivity contribution is 6.33. The SMILES string of the molecule is CCCNC(CC1CCCCC1)c1cc(Cl)ccc1Cl. The Morgan fingerprint density at radius 3 is 2.65 bits per heavy atom. The zero-order valence-electron chi connectivity index (χ0n) is 12.3. The Labute approximate surface area is 133 Å². The second kappa shape index (κ2) is 8.26. The van der Waals surface area contributed by atoms with Crippen LogP contribution in [0.1, 0.15) is 63.5 Å². The maximum absolute atomic E-state index is 6.39. The van der Waals surface area contributed by atoms with Crippen molar-refractivity contribution in [2.24, 2.45) is 5.92 Å². The Bertz CT molecular complexity index is 413. The first kappa shape index (κ1) is 16.1. The topological polar surface area (TPSA) is 12.0 Å². The maximum Gasteiger partial charge on any atom is 0.0454 e. The Balaban J connectivity index is 2.10. The number of halogens is 2. The normalized spacial score (nSPS) is 18.1. The van der Waals surface area contributed by atoms with E-state index in [4.69, 9.17) is 23.2 Å². The van der Waals surface area contributed by atoms with Crippen LogP contribution >= 0.6 is 23.2 Å². The monoisotopic (exact) mass is 313 g/mol. The number of hydrogen-bond donors (Lipinski definition) is 1. The van der Waals surface area contributed by atoms with Crippen LogP contribution < -0.4 is 5.32 Å². The smallest absolute Gasteiger partial charge is 0.0454 e. The summed E-state index contributed by atoms with van der Waals surface area (Å²) >= 11 is 12.5. The summed E-state index contributed by atoms with van der Waals surface area (Å²) < 4.78 is 0. The third-order valence-corrected chi connectivity index (χ3v) is 4.85. The van der Waals surface area contributed by atoms with Crippen LogP contribution in [0.5, 0.6) is 0 Å². The van der Waals surface area contributed by atoms with Gasteiger partial charge in [0.25, 0.3) is 0 Å². The minimum absolute atomic E-state index is 0.337. The molecule has 112 valence electrons. The average Bonchev–Trinajstić information content (AvgIpc) is 2.47. The van der Waals surface area contributed by atoms with Crippen molar-refractivity contribution in [3.63, 3.8) is 0 Å². The molecule has 1 N–H and O–H groups in total. The zero-order valence-corrected chi connectivity index (χ0v) is 13.8. The number of benzene rings is 1. The molecule has 0 spiro atoms. The third-order valence-electron chi connectivity index (χ3n) is 4.27. The zero-order chi connectivity index (χ0) is 14.4. The minimum atomic E-state index is 0.337. The molecule has 1 unspecified atom stereocenters. The van der Waals surface area contributed by atoms with E-state index in [0.29, 0.717) is 6.04 Å². The van der Waals surface area contributed by atoms with E-state index in [9.17, 15) is 0 Å². The molecule has 20 heavy (non-hydrogen) atoms. The first-order valence-corrected chi connectivity index (χ1v) is 8.64. The van der Waals surface area contributed by atoms with E-state index in [1.807, 2.05) is 18.2 Å². The molecule has 0 aromatic heterocycles. The molecule has 2 rings (SSSR count). The van der Waals surface area contributed by atoms with E-state index in [-0.39, 0.29) is 0 Å². The van der Waals surface area contributed by atoms with Gasteiger partial charge in [-0.15, -0.1) is 0 Å². The van der Waals surface area contributed by atoms with E-state index >= 15 is 0 Å². The number of rotatable bonds is 6. The van der Waals surface area contributed by atoms with Gasteiger partial charge in [0.2, 0.25) is 0 Å². The quantitative estimate of drug-likeness (QED) is 0.678. The highest BCUT2D eigenvalue weighted by atomic mass is 35.5. The van der Waals surface area contributed by atoms with Crippen LogP contribution in [0.3, 0.4) is 0 Å². The van der Waals surface area contributed by atoms with Gasteiger partial charge in [0.1, 0.15) is 0 Å². The van der Waals surface area contributed by atoms with Gasteiger partial charge >= 0.3 is 0 Å². The molecule has 1 aliphatic carbocycles. The largest absolute Gasteiger partial charge is 0.310 e. The van der Waals surface area contributed by atoms with Gasteiger partial charge in [-0.1, -0.05) is 62.2 Å². The van der Waals surface area contributed by atoms with Crippen LogP contribution in [0.25, 0.3) is 0 Å². The average molecular weight is 314 g/mol. The van der Waals surface area contributed by atoms with Gasteiger partial charge in [-0.25, -0.2) is 0 Å². The van der Waals surface area contributed by atoms with E-state index < -0.39 is 0 Å². The van der Waals surface area contributed by atoms with Gasteiger partial charge in [0, 0.05) is 16.1 Å². The Hall–Kier alpha value is -0.240. The molecule has 1 aromatic rings. The molecule has 0 amide bonds. The van der Waals surface area contributed by atoms with Crippen molar-refractivity contribution in [2.75, 3.05) is 6.54 Å². The second-order valence-electron chi connectivity index (χ2n) is 5.91.